The van der Waals surface area contributed by atoms with Crippen LogP contribution in [0.4, 0.5) is 0 Å². The average Bonchev–Trinajstić information content (AvgIpc) is 2.10. The molecular weight excluding hydrogens is 261 g/mol. The van der Waals surface area contributed by atoms with Crippen LogP contribution in [0.3, 0.4) is 0 Å². The normalized spacial score (nSPS) is 10.8. The zero-order valence-electron chi connectivity index (χ0n) is 9.97. The van der Waals surface area contributed by atoms with Crippen LogP contribution in [-0.2, 0) is 0 Å². The van der Waals surface area contributed by atoms with E-state index in [0.717, 1.165) is 0 Å². The Morgan fingerprint density at radius 3 is 2.15 bits per heavy atom. The predicted molar refractivity (Wildman–Crippen MR) is 63.9 cm³/mol. The SMILES string of the molecule is CCCN(CC)CCC[CH2][In]([CH3])[CH3]. The Bertz CT molecular complexity index is 104. The maximum absolute atomic E-state index is 2.58. The molecule has 0 bridgehead atoms. The van der Waals surface area contributed by atoms with Crippen molar-refractivity contribution < 1.29 is 0 Å². The first kappa shape index (κ1) is 13.8. The summed E-state index contributed by atoms with van der Waals surface area (Å²) in [5.74, 6) is 0. The number of unbranched alkanes of at least 4 members (excludes halogenated alkanes) is 1. The van der Waals surface area contributed by atoms with Crippen molar-refractivity contribution >= 4 is 21.4 Å². The van der Waals surface area contributed by atoms with E-state index in [2.05, 4.69) is 28.1 Å². The summed E-state index contributed by atoms with van der Waals surface area (Å²) in [7, 11) is 0. The van der Waals surface area contributed by atoms with Crippen molar-refractivity contribution in [3.05, 3.63) is 0 Å². The quantitative estimate of drug-likeness (QED) is 0.619. The summed E-state index contributed by atoms with van der Waals surface area (Å²) in [6.07, 6.45) is 4.23. The van der Waals surface area contributed by atoms with Gasteiger partial charge in [0.1, 0.15) is 0 Å². The van der Waals surface area contributed by atoms with Gasteiger partial charge in [-0.25, -0.2) is 0 Å². The van der Waals surface area contributed by atoms with E-state index in [-0.39, 0.29) is 0 Å². The monoisotopic (exact) mass is 287 g/mol. The van der Waals surface area contributed by atoms with Gasteiger partial charge in [-0.15, -0.1) is 0 Å². The molecule has 0 saturated heterocycles. The van der Waals surface area contributed by atoms with Crippen molar-refractivity contribution in [2.24, 2.45) is 0 Å². The third-order valence-corrected chi connectivity index (χ3v) is 6.95. The van der Waals surface area contributed by atoms with Crippen LogP contribution in [0.15, 0.2) is 0 Å². The molecule has 0 saturated carbocycles. The van der Waals surface area contributed by atoms with Crippen molar-refractivity contribution in [3.63, 3.8) is 0 Å². The van der Waals surface area contributed by atoms with Gasteiger partial charge in [0, 0.05) is 0 Å². The molecule has 0 aromatic carbocycles. The fraction of sp³-hybridized carbons (Fsp3) is 1.00. The van der Waals surface area contributed by atoms with Crippen LogP contribution in [0.1, 0.15) is 33.1 Å². The molecule has 0 aromatic heterocycles. The molecule has 0 amide bonds. The summed E-state index contributed by atoms with van der Waals surface area (Å²) in [6.45, 7) is 8.41. The van der Waals surface area contributed by atoms with Gasteiger partial charge < -0.3 is 0 Å². The van der Waals surface area contributed by atoms with E-state index in [0.29, 0.717) is 0 Å². The molecule has 0 fully saturated rings. The van der Waals surface area contributed by atoms with Crippen molar-refractivity contribution in [1.29, 1.82) is 0 Å². The van der Waals surface area contributed by atoms with E-state index >= 15 is 0 Å². The van der Waals surface area contributed by atoms with Crippen LogP contribution in [-0.4, -0.2) is 46.0 Å². The molecule has 0 atom stereocenters. The van der Waals surface area contributed by atoms with E-state index < -0.39 is 21.4 Å². The summed E-state index contributed by atoms with van der Waals surface area (Å²) in [6, 6.07) is 0. The summed E-state index contributed by atoms with van der Waals surface area (Å²) in [5, 5.41) is 0. The number of hydrogen-bond donors (Lipinski definition) is 0. The molecule has 0 heterocycles. The molecule has 78 valence electrons. The molecule has 0 aliphatic heterocycles. The predicted octanol–water partition coefficient (Wildman–Crippen LogP) is 3.25. The standard InChI is InChI=1S/C9H20N.2CH3.In/c1-4-7-9-10(6-3)8-5-2;;;/h1,4-9H2,2-3H3;2*1H3;. The van der Waals surface area contributed by atoms with Crippen LogP contribution < -0.4 is 0 Å². The van der Waals surface area contributed by atoms with E-state index in [1.54, 1.807) is 4.18 Å². The van der Waals surface area contributed by atoms with Crippen LogP contribution >= 0.6 is 0 Å². The zero-order valence-corrected chi connectivity index (χ0v) is 13.3. The Morgan fingerprint density at radius 1 is 1.00 bits per heavy atom. The van der Waals surface area contributed by atoms with E-state index in [1.165, 1.54) is 38.9 Å². The van der Waals surface area contributed by atoms with Crippen LogP contribution in [0.25, 0.3) is 0 Å². The Kier molecular flexibility index (Phi) is 9.99. The fourth-order valence-electron chi connectivity index (χ4n) is 1.63. The molecule has 0 aromatic rings. The Hall–Kier alpha value is 0.830. The average molecular weight is 287 g/mol. The molecular formula is C11H26InN. The second-order valence-corrected chi connectivity index (χ2v) is 13.9. The topological polar surface area (TPSA) is 3.24 Å². The van der Waals surface area contributed by atoms with Gasteiger partial charge >= 0.3 is 92.6 Å². The van der Waals surface area contributed by atoms with Crippen molar-refractivity contribution in [1.82, 2.24) is 4.90 Å². The minimum absolute atomic E-state index is 0.868. The second-order valence-electron chi connectivity index (χ2n) is 4.32. The van der Waals surface area contributed by atoms with Crippen molar-refractivity contribution in [2.75, 3.05) is 19.6 Å². The molecule has 2 heteroatoms. The maximum atomic E-state index is 2.58. The number of hydrogen-bond acceptors (Lipinski definition) is 1. The van der Waals surface area contributed by atoms with Crippen LogP contribution in [0.5, 0.6) is 0 Å². The Morgan fingerprint density at radius 2 is 1.69 bits per heavy atom. The van der Waals surface area contributed by atoms with Crippen LogP contribution in [0.2, 0.25) is 13.5 Å². The van der Waals surface area contributed by atoms with Gasteiger partial charge in [-0.1, -0.05) is 0 Å². The molecule has 0 aliphatic rings. The van der Waals surface area contributed by atoms with Gasteiger partial charge in [-0.05, 0) is 0 Å². The Labute approximate surface area is 92.4 Å². The summed E-state index contributed by atoms with van der Waals surface area (Å²) in [4.78, 5) is 2.58. The minimum atomic E-state index is -0.868. The molecule has 0 N–H and O–H groups in total. The summed E-state index contributed by atoms with van der Waals surface area (Å²) >= 11 is -0.868. The first-order chi connectivity index (χ1) is 6.20. The van der Waals surface area contributed by atoms with Gasteiger partial charge in [0.2, 0.25) is 0 Å². The zero-order chi connectivity index (χ0) is 10.1. The van der Waals surface area contributed by atoms with Gasteiger partial charge in [-0.3, -0.25) is 0 Å². The number of rotatable bonds is 8. The van der Waals surface area contributed by atoms with Gasteiger partial charge in [0.15, 0.2) is 0 Å². The molecule has 1 nitrogen and oxygen atoms in total. The third kappa shape index (κ3) is 9.14. The van der Waals surface area contributed by atoms with E-state index in [9.17, 15) is 0 Å². The van der Waals surface area contributed by atoms with Gasteiger partial charge in [0.05, 0.1) is 0 Å². The third-order valence-electron chi connectivity index (χ3n) is 2.49. The first-order valence-corrected chi connectivity index (χ1v) is 14.8. The summed E-state index contributed by atoms with van der Waals surface area (Å²) < 4.78 is 6.64. The molecule has 0 rings (SSSR count). The first-order valence-electron chi connectivity index (χ1n) is 5.93. The molecule has 0 unspecified atom stereocenters. The van der Waals surface area contributed by atoms with Crippen LogP contribution in [0, 0.1) is 0 Å². The Balaban J connectivity index is 3.27. The molecule has 0 radical (unpaired) electrons. The summed E-state index contributed by atoms with van der Waals surface area (Å²) in [5.41, 5.74) is 0. The fourth-order valence-corrected chi connectivity index (χ4v) is 4.79. The van der Waals surface area contributed by atoms with Crippen molar-refractivity contribution in [2.45, 2.75) is 46.6 Å². The molecule has 0 aliphatic carbocycles. The molecule has 13 heavy (non-hydrogen) atoms. The van der Waals surface area contributed by atoms with Gasteiger partial charge in [0.25, 0.3) is 0 Å². The van der Waals surface area contributed by atoms with Crippen molar-refractivity contribution in [3.8, 4) is 0 Å². The van der Waals surface area contributed by atoms with E-state index in [4.69, 9.17) is 0 Å². The van der Waals surface area contributed by atoms with E-state index in [1.807, 2.05) is 0 Å². The van der Waals surface area contributed by atoms with Gasteiger partial charge in [-0.2, -0.15) is 0 Å². The second kappa shape index (κ2) is 9.39. The molecule has 0 spiro atoms. The number of nitrogens with zero attached hydrogens (tertiary/aromatic N) is 1.